The van der Waals surface area contributed by atoms with Crippen molar-refractivity contribution >= 4 is 11.9 Å². The lowest BCUT2D eigenvalue weighted by Crippen LogP contribution is -2.37. The molecular formula is C12H17NO4. The van der Waals surface area contributed by atoms with E-state index in [4.69, 9.17) is 9.15 Å². The van der Waals surface area contributed by atoms with Crippen LogP contribution in [0.2, 0.25) is 0 Å². The van der Waals surface area contributed by atoms with Gasteiger partial charge >= 0.3 is 6.09 Å². The molecule has 17 heavy (non-hydrogen) atoms. The van der Waals surface area contributed by atoms with Crippen molar-refractivity contribution in [2.24, 2.45) is 0 Å². The second-order valence-electron chi connectivity index (χ2n) is 4.74. The molecule has 94 valence electrons. The average Bonchev–Trinajstić information content (AvgIpc) is 2.67. The summed E-state index contributed by atoms with van der Waals surface area (Å²) in [6.07, 6.45) is 0.887. The standard InChI is InChI=1S/C12H17NO4/c1-12(2,3)17-11(15)13(4)8-9(14)10-6-5-7-16-10/h5-7H,8H2,1-4H3. The summed E-state index contributed by atoms with van der Waals surface area (Å²) in [5.41, 5.74) is -0.570. The fourth-order valence-corrected chi connectivity index (χ4v) is 1.13. The summed E-state index contributed by atoms with van der Waals surface area (Å²) < 4.78 is 10.1. The van der Waals surface area contributed by atoms with Crippen molar-refractivity contribution in [3.8, 4) is 0 Å². The number of furan rings is 1. The highest BCUT2D eigenvalue weighted by Gasteiger charge is 2.22. The van der Waals surface area contributed by atoms with Crippen LogP contribution in [0.25, 0.3) is 0 Å². The SMILES string of the molecule is CN(CC(=O)c1ccco1)C(=O)OC(C)(C)C. The van der Waals surface area contributed by atoms with E-state index >= 15 is 0 Å². The number of likely N-dealkylation sites (N-methyl/N-ethyl adjacent to an activating group) is 1. The zero-order valence-corrected chi connectivity index (χ0v) is 10.5. The third-order valence-corrected chi connectivity index (χ3v) is 1.88. The van der Waals surface area contributed by atoms with E-state index in [-0.39, 0.29) is 18.1 Å². The van der Waals surface area contributed by atoms with Gasteiger partial charge in [-0.2, -0.15) is 0 Å². The minimum Gasteiger partial charge on any atom is -0.461 e. The summed E-state index contributed by atoms with van der Waals surface area (Å²) >= 11 is 0. The summed E-state index contributed by atoms with van der Waals surface area (Å²) in [7, 11) is 1.51. The number of rotatable bonds is 3. The lowest BCUT2D eigenvalue weighted by Gasteiger charge is -2.23. The fourth-order valence-electron chi connectivity index (χ4n) is 1.13. The van der Waals surface area contributed by atoms with Gasteiger partial charge in [-0.3, -0.25) is 4.79 Å². The molecule has 5 heteroatoms. The van der Waals surface area contributed by atoms with Gasteiger partial charge in [0, 0.05) is 7.05 Å². The van der Waals surface area contributed by atoms with E-state index in [1.165, 1.54) is 18.2 Å². The van der Waals surface area contributed by atoms with Gasteiger partial charge in [0.25, 0.3) is 0 Å². The molecule has 0 N–H and O–H groups in total. The van der Waals surface area contributed by atoms with E-state index in [2.05, 4.69) is 0 Å². The van der Waals surface area contributed by atoms with Crippen LogP contribution in [0.4, 0.5) is 4.79 Å². The predicted octanol–water partition coefficient (Wildman–Crippen LogP) is 2.33. The summed E-state index contributed by atoms with van der Waals surface area (Å²) in [4.78, 5) is 24.4. The van der Waals surface area contributed by atoms with Crippen LogP contribution < -0.4 is 0 Å². The Bertz CT molecular complexity index is 389. The van der Waals surface area contributed by atoms with E-state index in [0.717, 1.165) is 0 Å². The van der Waals surface area contributed by atoms with Crippen LogP contribution in [0.5, 0.6) is 0 Å². The molecular weight excluding hydrogens is 222 g/mol. The number of Topliss-reactive ketones (excluding diaryl/α,β-unsaturated/α-hetero) is 1. The summed E-state index contributed by atoms with van der Waals surface area (Å²) in [6, 6.07) is 3.19. The normalized spacial score (nSPS) is 11.1. The summed E-state index contributed by atoms with van der Waals surface area (Å²) in [5.74, 6) is -0.0243. The third-order valence-electron chi connectivity index (χ3n) is 1.88. The largest absolute Gasteiger partial charge is 0.461 e. The first-order valence-electron chi connectivity index (χ1n) is 5.30. The number of hydrogen-bond acceptors (Lipinski definition) is 4. The van der Waals surface area contributed by atoms with Crippen molar-refractivity contribution in [1.82, 2.24) is 4.90 Å². The van der Waals surface area contributed by atoms with Gasteiger partial charge in [-0.05, 0) is 32.9 Å². The highest BCUT2D eigenvalue weighted by atomic mass is 16.6. The van der Waals surface area contributed by atoms with Crippen molar-refractivity contribution in [1.29, 1.82) is 0 Å². The van der Waals surface area contributed by atoms with E-state index in [0.29, 0.717) is 0 Å². The molecule has 1 aromatic rings. The van der Waals surface area contributed by atoms with E-state index in [1.807, 2.05) is 0 Å². The molecule has 0 aliphatic rings. The zero-order chi connectivity index (χ0) is 13.1. The molecule has 1 aromatic heterocycles. The molecule has 0 spiro atoms. The number of hydrogen-bond donors (Lipinski definition) is 0. The van der Waals surface area contributed by atoms with Crippen molar-refractivity contribution in [3.05, 3.63) is 24.2 Å². The maximum atomic E-state index is 11.6. The van der Waals surface area contributed by atoms with Gasteiger partial charge in [0.1, 0.15) is 5.60 Å². The summed E-state index contributed by atoms with van der Waals surface area (Å²) in [5, 5.41) is 0. The molecule has 0 bridgehead atoms. The van der Waals surface area contributed by atoms with Crippen molar-refractivity contribution < 1.29 is 18.7 Å². The van der Waals surface area contributed by atoms with Crippen LogP contribution in [-0.2, 0) is 4.74 Å². The van der Waals surface area contributed by atoms with Crippen LogP contribution in [0.3, 0.4) is 0 Å². The number of carbonyl (C=O) groups excluding carboxylic acids is 2. The molecule has 1 rings (SSSR count). The number of carbonyl (C=O) groups is 2. The molecule has 0 aliphatic heterocycles. The van der Waals surface area contributed by atoms with Gasteiger partial charge in [-0.1, -0.05) is 0 Å². The topological polar surface area (TPSA) is 59.8 Å². The Kier molecular flexibility index (Phi) is 3.93. The van der Waals surface area contributed by atoms with Crippen LogP contribution in [0.15, 0.2) is 22.8 Å². The lowest BCUT2D eigenvalue weighted by atomic mass is 10.2. The smallest absolute Gasteiger partial charge is 0.410 e. The maximum absolute atomic E-state index is 11.6. The van der Waals surface area contributed by atoms with E-state index in [9.17, 15) is 9.59 Å². The van der Waals surface area contributed by atoms with E-state index < -0.39 is 11.7 Å². The Hall–Kier alpha value is -1.78. The molecule has 0 aromatic carbocycles. The van der Waals surface area contributed by atoms with Crippen molar-refractivity contribution in [2.45, 2.75) is 26.4 Å². The Morgan fingerprint density at radius 1 is 1.41 bits per heavy atom. The third kappa shape index (κ3) is 4.30. The maximum Gasteiger partial charge on any atom is 0.410 e. The molecule has 0 saturated heterocycles. The molecule has 1 heterocycles. The molecule has 0 unspecified atom stereocenters. The number of ether oxygens (including phenoxy) is 1. The minimum absolute atomic E-state index is 0.0670. The van der Waals surface area contributed by atoms with Crippen molar-refractivity contribution in [3.63, 3.8) is 0 Å². The Labute approximate surface area is 100 Å². The minimum atomic E-state index is -0.570. The van der Waals surface area contributed by atoms with Crippen LogP contribution in [0.1, 0.15) is 31.3 Å². The monoisotopic (exact) mass is 239 g/mol. The van der Waals surface area contributed by atoms with E-state index in [1.54, 1.807) is 32.9 Å². The average molecular weight is 239 g/mol. The molecule has 0 atom stereocenters. The van der Waals surface area contributed by atoms with Gasteiger partial charge in [0.2, 0.25) is 5.78 Å². The summed E-state index contributed by atoms with van der Waals surface area (Å²) in [6.45, 7) is 5.25. The van der Waals surface area contributed by atoms with Crippen LogP contribution in [0, 0.1) is 0 Å². The zero-order valence-electron chi connectivity index (χ0n) is 10.5. The first-order chi connectivity index (χ1) is 7.79. The molecule has 5 nitrogen and oxygen atoms in total. The fraction of sp³-hybridized carbons (Fsp3) is 0.500. The second kappa shape index (κ2) is 5.03. The van der Waals surface area contributed by atoms with Gasteiger partial charge in [0.05, 0.1) is 12.8 Å². The molecule has 0 fully saturated rings. The Morgan fingerprint density at radius 3 is 2.53 bits per heavy atom. The van der Waals surface area contributed by atoms with Crippen LogP contribution in [-0.4, -0.2) is 36.0 Å². The number of nitrogens with zero attached hydrogens (tertiary/aromatic N) is 1. The molecule has 0 radical (unpaired) electrons. The highest BCUT2D eigenvalue weighted by molar-refractivity contribution is 5.96. The van der Waals surface area contributed by atoms with Crippen molar-refractivity contribution in [2.75, 3.05) is 13.6 Å². The number of ketones is 1. The van der Waals surface area contributed by atoms with Gasteiger partial charge < -0.3 is 14.1 Å². The molecule has 0 aliphatic carbocycles. The van der Waals surface area contributed by atoms with Gasteiger partial charge in [0.15, 0.2) is 5.76 Å². The second-order valence-corrected chi connectivity index (χ2v) is 4.74. The lowest BCUT2D eigenvalue weighted by molar-refractivity contribution is 0.0293. The first-order valence-corrected chi connectivity index (χ1v) is 5.30. The highest BCUT2D eigenvalue weighted by Crippen LogP contribution is 2.10. The Balaban J connectivity index is 2.52. The number of amides is 1. The Morgan fingerprint density at radius 2 is 2.06 bits per heavy atom. The van der Waals surface area contributed by atoms with Gasteiger partial charge in [-0.25, -0.2) is 4.79 Å². The van der Waals surface area contributed by atoms with Crippen LogP contribution >= 0.6 is 0 Å². The quantitative estimate of drug-likeness (QED) is 0.759. The first kappa shape index (κ1) is 13.3. The van der Waals surface area contributed by atoms with Gasteiger partial charge in [-0.15, -0.1) is 0 Å². The predicted molar refractivity (Wildman–Crippen MR) is 61.9 cm³/mol. The molecule has 0 saturated carbocycles. The molecule has 1 amide bonds.